The van der Waals surface area contributed by atoms with Crippen LogP contribution in [-0.2, 0) is 26.4 Å². The summed E-state index contributed by atoms with van der Waals surface area (Å²) in [5.74, 6) is 0.832. The second-order valence-electron chi connectivity index (χ2n) is 4.79. The van der Waals surface area contributed by atoms with Crippen LogP contribution in [0.4, 0.5) is 0 Å². The number of sulfonamides is 1. The first kappa shape index (κ1) is 16.8. The lowest BCUT2D eigenvalue weighted by Crippen LogP contribution is -2.49. The van der Waals surface area contributed by atoms with E-state index in [1.54, 1.807) is 18.2 Å². The molecule has 0 amide bonds. The number of sulfone groups is 1. The summed E-state index contributed by atoms with van der Waals surface area (Å²) in [5.41, 5.74) is 6.08. The van der Waals surface area contributed by atoms with Crippen LogP contribution in [0.1, 0.15) is 5.56 Å². The van der Waals surface area contributed by atoms with Crippen LogP contribution in [-0.4, -0.2) is 50.8 Å². The molecule has 0 radical (unpaired) electrons. The largest absolute Gasteiger partial charge is 0.326 e. The van der Waals surface area contributed by atoms with Gasteiger partial charge in [0.2, 0.25) is 10.0 Å². The Morgan fingerprint density at radius 1 is 1.29 bits per heavy atom. The zero-order valence-corrected chi connectivity index (χ0v) is 14.0. The Morgan fingerprint density at radius 2 is 1.95 bits per heavy atom. The lowest BCUT2D eigenvalue weighted by molar-refractivity contribution is 0.404. The first-order valence-corrected chi connectivity index (χ1v) is 10.9. The van der Waals surface area contributed by atoms with Crippen molar-refractivity contribution in [3.8, 4) is 0 Å². The Hall–Kier alpha value is -0.610. The maximum absolute atomic E-state index is 12.8. The molecular weight excluding hydrogens is 332 g/mol. The number of rotatable bonds is 4. The smallest absolute Gasteiger partial charge is 0.244 e. The molecule has 21 heavy (non-hydrogen) atoms. The molecule has 1 unspecified atom stereocenters. The molecule has 1 fully saturated rings. The summed E-state index contributed by atoms with van der Waals surface area (Å²) in [6.45, 7) is 0.269. The molecule has 1 heterocycles. The third-order valence-corrected chi connectivity index (χ3v) is 8.10. The van der Waals surface area contributed by atoms with Crippen molar-refractivity contribution in [1.82, 2.24) is 4.31 Å². The lowest BCUT2D eigenvalue weighted by atomic mass is 10.2. The van der Waals surface area contributed by atoms with Crippen LogP contribution < -0.4 is 5.73 Å². The van der Waals surface area contributed by atoms with Crippen LogP contribution in [0.15, 0.2) is 29.2 Å². The maximum Gasteiger partial charge on any atom is 0.244 e. The summed E-state index contributed by atoms with van der Waals surface area (Å²) in [6.07, 6.45) is 1.07. The maximum atomic E-state index is 12.8. The number of nitrogens with zero attached hydrogens (tertiary/aromatic N) is 1. The summed E-state index contributed by atoms with van der Waals surface area (Å²) >= 11 is 1.44. The monoisotopic (exact) mass is 350 g/mol. The summed E-state index contributed by atoms with van der Waals surface area (Å²) in [6, 6.07) is 6.43. The van der Waals surface area contributed by atoms with Gasteiger partial charge in [-0.25, -0.2) is 16.8 Å². The van der Waals surface area contributed by atoms with Crippen LogP contribution in [0, 0.1) is 0 Å². The van der Waals surface area contributed by atoms with Gasteiger partial charge in [0, 0.05) is 30.9 Å². The van der Waals surface area contributed by atoms with E-state index in [-0.39, 0.29) is 23.7 Å². The normalized spacial score (nSPS) is 21.3. The molecule has 0 aromatic heterocycles. The van der Waals surface area contributed by atoms with E-state index in [1.165, 1.54) is 17.8 Å². The highest BCUT2D eigenvalue weighted by atomic mass is 32.2. The minimum atomic E-state index is -3.88. The average molecular weight is 350 g/mol. The fraction of sp³-hybridized carbons (Fsp3) is 0.500. The fourth-order valence-electron chi connectivity index (χ4n) is 2.23. The van der Waals surface area contributed by atoms with E-state index in [2.05, 4.69) is 0 Å². The van der Waals surface area contributed by atoms with Gasteiger partial charge in [-0.1, -0.05) is 18.2 Å². The van der Waals surface area contributed by atoms with Crippen LogP contribution >= 0.6 is 11.8 Å². The molecule has 1 aliphatic heterocycles. The van der Waals surface area contributed by atoms with Gasteiger partial charge in [-0.2, -0.15) is 16.1 Å². The summed E-state index contributed by atoms with van der Waals surface area (Å²) in [4.78, 5) is 0.0908. The van der Waals surface area contributed by atoms with E-state index in [0.717, 1.165) is 10.6 Å². The molecule has 0 saturated carbocycles. The molecule has 0 spiro atoms. The van der Waals surface area contributed by atoms with E-state index < -0.39 is 25.2 Å². The van der Waals surface area contributed by atoms with E-state index in [0.29, 0.717) is 11.3 Å². The number of benzene rings is 1. The summed E-state index contributed by atoms with van der Waals surface area (Å²) < 4.78 is 50.5. The van der Waals surface area contributed by atoms with Crippen molar-refractivity contribution in [3.63, 3.8) is 0 Å². The minimum Gasteiger partial charge on any atom is -0.326 e. The molecule has 2 rings (SSSR count). The molecule has 0 aliphatic carbocycles. The molecule has 9 heteroatoms. The van der Waals surface area contributed by atoms with Crippen LogP contribution in [0.3, 0.4) is 0 Å². The van der Waals surface area contributed by atoms with Crippen molar-refractivity contribution in [2.75, 3.05) is 24.3 Å². The van der Waals surface area contributed by atoms with E-state index in [1.807, 2.05) is 0 Å². The summed E-state index contributed by atoms with van der Waals surface area (Å²) in [5, 5.41) is -1.02. The molecule has 1 aromatic rings. The van der Waals surface area contributed by atoms with Crippen LogP contribution in [0.2, 0.25) is 0 Å². The van der Waals surface area contributed by atoms with Gasteiger partial charge in [0.15, 0.2) is 9.84 Å². The van der Waals surface area contributed by atoms with Crippen molar-refractivity contribution in [1.29, 1.82) is 0 Å². The Morgan fingerprint density at radius 3 is 2.57 bits per heavy atom. The van der Waals surface area contributed by atoms with Gasteiger partial charge >= 0.3 is 0 Å². The second kappa shape index (κ2) is 6.25. The number of thioether (sulfide) groups is 1. The van der Waals surface area contributed by atoms with Crippen LogP contribution in [0.5, 0.6) is 0 Å². The van der Waals surface area contributed by atoms with Crippen LogP contribution in [0.25, 0.3) is 0 Å². The summed E-state index contributed by atoms with van der Waals surface area (Å²) in [7, 11) is -7.37. The molecular formula is C12H18N2O4S3. The third kappa shape index (κ3) is 3.42. The number of hydrogen-bond acceptors (Lipinski definition) is 6. The Balaban J connectivity index is 2.51. The Kier molecular flexibility index (Phi) is 4.99. The van der Waals surface area contributed by atoms with Gasteiger partial charge in [-0.15, -0.1) is 0 Å². The Bertz CT molecular complexity index is 716. The molecule has 118 valence electrons. The quantitative estimate of drug-likeness (QED) is 0.836. The zero-order chi connectivity index (χ0) is 15.7. The van der Waals surface area contributed by atoms with Gasteiger partial charge in [0.05, 0.1) is 4.90 Å². The molecule has 2 N–H and O–H groups in total. The molecule has 0 bridgehead atoms. The highest BCUT2D eigenvalue weighted by Crippen LogP contribution is 2.28. The molecule has 1 saturated heterocycles. The van der Waals surface area contributed by atoms with Gasteiger partial charge in [0.1, 0.15) is 5.37 Å². The predicted molar refractivity (Wildman–Crippen MR) is 84.2 cm³/mol. The predicted octanol–water partition coefficient (Wildman–Crippen LogP) is 0.254. The minimum absolute atomic E-state index is 0.0849. The third-order valence-electron chi connectivity index (χ3n) is 3.31. The Labute approximate surface area is 129 Å². The van der Waals surface area contributed by atoms with E-state index >= 15 is 0 Å². The molecule has 1 aromatic carbocycles. The van der Waals surface area contributed by atoms with Crippen molar-refractivity contribution < 1.29 is 16.8 Å². The van der Waals surface area contributed by atoms with E-state index in [9.17, 15) is 16.8 Å². The van der Waals surface area contributed by atoms with Gasteiger partial charge in [0.25, 0.3) is 0 Å². The zero-order valence-electron chi connectivity index (χ0n) is 11.6. The molecule has 6 nitrogen and oxygen atoms in total. The first-order valence-electron chi connectivity index (χ1n) is 6.35. The molecule has 1 atom stereocenters. The van der Waals surface area contributed by atoms with Crippen molar-refractivity contribution in [2.24, 2.45) is 5.73 Å². The highest BCUT2D eigenvalue weighted by molar-refractivity contribution is 8.01. The van der Waals surface area contributed by atoms with Crippen molar-refractivity contribution >= 4 is 31.6 Å². The van der Waals surface area contributed by atoms with E-state index in [4.69, 9.17) is 5.73 Å². The fourth-order valence-corrected chi connectivity index (χ4v) is 7.63. The molecule has 1 aliphatic rings. The van der Waals surface area contributed by atoms with Crippen molar-refractivity contribution in [3.05, 3.63) is 29.8 Å². The lowest BCUT2D eigenvalue weighted by Gasteiger charge is -2.33. The average Bonchev–Trinajstić information content (AvgIpc) is 2.46. The standard InChI is InChI=1S/C12H18N2O4S3/c1-20(15,16)12-9-19-7-6-14(12)21(17,18)11-5-3-2-4-10(11)8-13/h2-5,12H,6-9,13H2,1H3. The van der Waals surface area contributed by atoms with Crippen molar-refractivity contribution in [2.45, 2.75) is 16.8 Å². The topological polar surface area (TPSA) is 97.5 Å². The van der Waals surface area contributed by atoms with Gasteiger partial charge in [-0.3, -0.25) is 0 Å². The number of nitrogens with two attached hydrogens (primary N) is 1. The first-order chi connectivity index (χ1) is 9.78. The number of hydrogen-bond donors (Lipinski definition) is 1. The SMILES string of the molecule is CS(=O)(=O)C1CSCCN1S(=O)(=O)c1ccccc1CN. The van der Waals surface area contributed by atoms with Gasteiger partial charge in [-0.05, 0) is 11.6 Å². The van der Waals surface area contributed by atoms with Gasteiger partial charge < -0.3 is 5.73 Å². The highest BCUT2D eigenvalue weighted by Gasteiger charge is 2.39. The second-order valence-corrected chi connectivity index (χ2v) is 10.00.